The van der Waals surface area contributed by atoms with Crippen LogP contribution in [0.4, 0.5) is 0 Å². The van der Waals surface area contributed by atoms with Gasteiger partial charge in [0.15, 0.2) is 0 Å². The van der Waals surface area contributed by atoms with Crippen molar-refractivity contribution >= 4 is 39.9 Å². The van der Waals surface area contributed by atoms with Crippen molar-refractivity contribution in [2.45, 2.75) is 13.2 Å². The third-order valence-electron chi connectivity index (χ3n) is 3.30. The first-order valence-electron chi connectivity index (χ1n) is 7.74. The zero-order valence-corrected chi connectivity index (χ0v) is 16.9. The van der Waals surface area contributed by atoms with E-state index >= 15 is 0 Å². The molecule has 0 aliphatic carbocycles. The van der Waals surface area contributed by atoms with E-state index in [9.17, 15) is 0 Å². The highest BCUT2D eigenvalue weighted by atomic mass is 79.9. The Kier molecular flexibility index (Phi) is 11.1. The van der Waals surface area contributed by atoms with Gasteiger partial charge in [0.25, 0.3) is 0 Å². The van der Waals surface area contributed by atoms with Crippen LogP contribution in [-0.2, 0) is 17.9 Å². The molecule has 2 N–H and O–H groups in total. The lowest BCUT2D eigenvalue weighted by atomic mass is 10.2. The number of rotatable bonds is 10. The maximum Gasteiger partial charge on any atom is 0.124 e. The number of aliphatic hydroxyl groups excluding tert-OH is 1. The molecule has 0 unspecified atom stereocenters. The molecule has 0 spiro atoms. The van der Waals surface area contributed by atoms with Crippen LogP contribution < -0.4 is 10.1 Å². The molecule has 0 aromatic heterocycles. The van der Waals surface area contributed by atoms with E-state index in [2.05, 4.69) is 21.2 Å². The molecule has 0 amide bonds. The second kappa shape index (κ2) is 12.5. The van der Waals surface area contributed by atoms with Crippen molar-refractivity contribution in [2.75, 3.05) is 26.4 Å². The van der Waals surface area contributed by atoms with Crippen LogP contribution in [0.15, 0.2) is 46.9 Å². The molecular weight excluding hydrogens is 429 g/mol. The molecule has 0 radical (unpaired) electrons. The van der Waals surface area contributed by atoms with E-state index in [1.165, 1.54) is 0 Å². The van der Waals surface area contributed by atoms with Crippen molar-refractivity contribution in [2.24, 2.45) is 0 Å². The maximum absolute atomic E-state index is 8.66. The molecule has 2 aromatic carbocycles. The van der Waals surface area contributed by atoms with Gasteiger partial charge in [0.2, 0.25) is 0 Å². The van der Waals surface area contributed by atoms with E-state index in [4.69, 9.17) is 26.2 Å². The number of aliphatic hydroxyl groups is 1. The average molecular weight is 451 g/mol. The minimum atomic E-state index is 0. The van der Waals surface area contributed by atoms with Crippen LogP contribution in [0.1, 0.15) is 11.1 Å². The fourth-order valence-electron chi connectivity index (χ4n) is 2.10. The lowest BCUT2D eigenvalue weighted by Gasteiger charge is -2.13. The summed E-state index contributed by atoms with van der Waals surface area (Å²) < 4.78 is 12.2. The summed E-state index contributed by atoms with van der Waals surface area (Å²) in [5, 5.41) is 12.7. The number of benzene rings is 2. The molecule has 0 saturated carbocycles. The van der Waals surface area contributed by atoms with E-state index in [0.29, 0.717) is 32.9 Å². The molecule has 0 aliphatic rings. The predicted octanol–water partition coefficient (Wildman–Crippen LogP) is 4.20. The van der Waals surface area contributed by atoms with Gasteiger partial charge in [-0.3, -0.25) is 0 Å². The Morgan fingerprint density at radius 2 is 1.84 bits per heavy atom. The Hall–Kier alpha value is -0.820. The molecule has 0 fully saturated rings. The van der Waals surface area contributed by atoms with E-state index in [0.717, 1.165) is 26.4 Å². The van der Waals surface area contributed by atoms with Crippen molar-refractivity contribution in [3.05, 3.63) is 63.1 Å². The zero-order chi connectivity index (χ0) is 17.2. The van der Waals surface area contributed by atoms with Gasteiger partial charge in [-0.05, 0) is 35.9 Å². The lowest BCUT2D eigenvalue weighted by Crippen LogP contribution is -2.20. The fraction of sp³-hybridized carbons (Fsp3) is 0.333. The highest BCUT2D eigenvalue weighted by molar-refractivity contribution is 9.10. The Bertz CT molecular complexity index is 626. The average Bonchev–Trinajstić information content (AvgIpc) is 2.58. The third kappa shape index (κ3) is 8.40. The molecule has 2 aromatic rings. The van der Waals surface area contributed by atoms with Crippen molar-refractivity contribution in [1.29, 1.82) is 0 Å². The SMILES string of the molecule is Cl.OCCOCCNCc1cc(Br)ccc1OCc1ccc(Cl)cc1. The normalized spacial score (nSPS) is 10.4. The van der Waals surface area contributed by atoms with Gasteiger partial charge >= 0.3 is 0 Å². The van der Waals surface area contributed by atoms with Gasteiger partial charge in [-0.1, -0.05) is 39.7 Å². The van der Waals surface area contributed by atoms with Crippen LogP contribution in [-0.4, -0.2) is 31.5 Å². The Labute approximate surface area is 168 Å². The molecule has 4 nitrogen and oxygen atoms in total. The van der Waals surface area contributed by atoms with Gasteiger partial charge in [-0.25, -0.2) is 0 Å². The minimum Gasteiger partial charge on any atom is -0.489 e. The zero-order valence-electron chi connectivity index (χ0n) is 13.7. The predicted molar refractivity (Wildman–Crippen MR) is 107 cm³/mol. The second-order valence-corrected chi connectivity index (χ2v) is 6.53. The molecule has 0 aliphatic heterocycles. The monoisotopic (exact) mass is 449 g/mol. The van der Waals surface area contributed by atoms with E-state index < -0.39 is 0 Å². The standard InChI is InChI=1S/C18H21BrClNO3.ClH/c19-16-3-6-18(24-13-14-1-4-17(20)5-2-14)15(11-16)12-21-7-9-23-10-8-22;/h1-6,11,21-22H,7-10,12-13H2;1H. The van der Waals surface area contributed by atoms with Gasteiger partial charge in [0.05, 0.1) is 19.8 Å². The highest BCUT2D eigenvalue weighted by Gasteiger charge is 2.05. The Morgan fingerprint density at radius 3 is 2.56 bits per heavy atom. The molecule has 0 atom stereocenters. The number of hydrogen-bond acceptors (Lipinski definition) is 4. The fourth-order valence-corrected chi connectivity index (χ4v) is 2.64. The molecule has 138 valence electrons. The summed E-state index contributed by atoms with van der Waals surface area (Å²) in [6.45, 7) is 2.87. The van der Waals surface area contributed by atoms with Crippen molar-refractivity contribution in [1.82, 2.24) is 5.32 Å². The lowest BCUT2D eigenvalue weighted by molar-refractivity contribution is 0.0937. The first kappa shape index (κ1) is 22.2. The maximum atomic E-state index is 8.66. The molecule has 2 rings (SSSR count). The summed E-state index contributed by atoms with van der Waals surface area (Å²) in [6, 6.07) is 13.6. The van der Waals surface area contributed by atoms with Crippen molar-refractivity contribution in [3.63, 3.8) is 0 Å². The van der Waals surface area contributed by atoms with Crippen LogP contribution >= 0.6 is 39.9 Å². The van der Waals surface area contributed by atoms with Crippen LogP contribution in [0.2, 0.25) is 5.02 Å². The third-order valence-corrected chi connectivity index (χ3v) is 4.05. The Morgan fingerprint density at radius 1 is 1.08 bits per heavy atom. The van der Waals surface area contributed by atoms with Crippen LogP contribution in [0.25, 0.3) is 0 Å². The van der Waals surface area contributed by atoms with Gasteiger partial charge in [0.1, 0.15) is 12.4 Å². The van der Waals surface area contributed by atoms with E-state index in [-0.39, 0.29) is 19.0 Å². The minimum absolute atomic E-state index is 0. The first-order chi connectivity index (χ1) is 11.7. The summed E-state index contributed by atoms with van der Waals surface area (Å²) in [5.74, 6) is 0.844. The summed E-state index contributed by atoms with van der Waals surface area (Å²) in [4.78, 5) is 0. The first-order valence-corrected chi connectivity index (χ1v) is 8.91. The quantitative estimate of drug-likeness (QED) is 0.532. The molecule has 0 bridgehead atoms. The van der Waals surface area contributed by atoms with Crippen LogP contribution in [0.3, 0.4) is 0 Å². The summed E-state index contributed by atoms with van der Waals surface area (Å²) in [5.41, 5.74) is 2.14. The number of nitrogens with one attached hydrogen (secondary N) is 1. The van der Waals surface area contributed by atoms with Gasteiger partial charge < -0.3 is 19.9 Å². The van der Waals surface area contributed by atoms with Crippen LogP contribution in [0.5, 0.6) is 5.75 Å². The van der Waals surface area contributed by atoms with Gasteiger partial charge in [-0.15, -0.1) is 12.4 Å². The van der Waals surface area contributed by atoms with E-state index in [1.54, 1.807) is 0 Å². The highest BCUT2D eigenvalue weighted by Crippen LogP contribution is 2.24. The van der Waals surface area contributed by atoms with Crippen LogP contribution in [0, 0.1) is 0 Å². The molecular formula is C18H22BrCl2NO3. The molecule has 0 heterocycles. The van der Waals surface area contributed by atoms with Crippen molar-refractivity contribution in [3.8, 4) is 5.75 Å². The second-order valence-electron chi connectivity index (χ2n) is 5.18. The largest absolute Gasteiger partial charge is 0.489 e. The van der Waals surface area contributed by atoms with Crippen molar-refractivity contribution < 1.29 is 14.6 Å². The molecule has 0 saturated heterocycles. The van der Waals surface area contributed by atoms with Gasteiger partial charge in [-0.2, -0.15) is 0 Å². The summed E-state index contributed by atoms with van der Waals surface area (Å²) in [7, 11) is 0. The number of halogens is 3. The van der Waals surface area contributed by atoms with E-state index in [1.807, 2.05) is 42.5 Å². The summed E-state index contributed by atoms with van der Waals surface area (Å²) >= 11 is 9.39. The topological polar surface area (TPSA) is 50.7 Å². The smallest absolute Gasteiger partial charge is 0.124 e. The number of ether oxygens (including phenoxy) is 2. The molecule has 25 heavy (non-hydrogen) atoms. The Balaban J connectivity index is 0.00000312. The molecule has 7 heteroatoms. The summed E-state index contributed by atoms with van der Waals surface area (Å²) in [6.07, 6.45) is 0. The van der Waals surface area contributed by atoms with Gasteiger partial charge in [0, 0.05) is 28.1 Å². The number of hydrogen-bond donors (Lipinski definition) is 2.